The zero-order valence-corrected chi connectivity index (χ0v) is 10.3. The van der Waals surface area contributed by atoms with Crippen molar-refractivity contribution in [2.24, 2.45) is 0 Å². The van der Waals surface area contributed by atoms with E-state index in [1.165, 1.54) is 12.8 Å². The Bertz CT molecular complexity index is 237. The van der Waals surface area contributed by atoms with E-state index in [1.54, 1.807) is 11.8 Å². The van der Waals surface area contributed by atoms with Crippen LogP contribution in [0.4, 0.5) is 0 Å². The second-order valence-electron chi connectivity index (χ2n) is 4.48. The van der Waals surface area contributed by atoms with E-state index in [0.717, 1.165) is 12.2 Å². The molecule has 0 aromatic rings. The van der Waals surface area contributed by atoms with Gasteiger partial charge in [-0.05, 0) is 31.9 Å². The Balaban J connectivity index is 2.23. The fourth-order valence-corrected chi connectivity index (χ4v) is 2.39. The molecule has 1 aliphatic rings. The van der Waals surface area contributed by atoms with E-state index < -0.39 is 0 Å². The third-order valence-electron chi connectivity index (χ3n) is 2.61. The van der Waals surface area contributed by atoms with E-state index in [4.69, 9.17) is 10.4 Å². The van der Waals surface area contributed by atoms with Gasteiger partial charge in [-0.3, -0.25) is 5.32 Å². The Morgan fingerprint density at radius 2 is 2.33 bits per heavy atom. The van der Waals surface area contributed by atoms with Crippen molar-refractivity contribution in [2.45, 2.75) is 49.9 Å². The minimum absolute atomic E-state index is 0.212. The first-order chi connectivity index (χ1) is 7.09. The van der Waals surface area contributed by atoms with E-state index in [1.807, 2.05) is 13.8 Å². The van der Waals surface area contributed by atoms with Crippen LogP contribution in [-0.4, -0.2) is 34.3 Å². The summed E-state index contributed by atoms with van der Waals surface area (Å²) in [6.45, 7) is 4.18. The Labute approximate surface area is 96.2 Å². The maximum absolute atomic E-state index is 9.11. The molecule has 0 aromatic heterocycles. The molecule has 1 rings (SSSR count). The third-order valence-corrected chi connectivity index (χ3v) is 3.77. The smallest absolute Gasteiger partial charge is 0.104 e. The first-order valence-electron chi connectivity index (χ1n) is 5.51. The molecule has 1 fully saturated rings. The molecule has 1 aliphatic carbocycles. The van der Waals surface area contributed by atoms with Gasteiger partial charge in [0.15, 0.2) is 0 Å². The van der Waals surface area contributed by atoms with Gasteiger partial charge in [-0.2, -0.15) is 17.0 Å². The molecule has 2 N–H and O–H groups in total. The number of aliphatic hydroxyl groups excluding tert-OH is 1. The summed E-state index contributed by atoms with van der Waals surface area (Å²) in [5, 5.41) is 21.6. The summed E-state index contributed by atoms with van der Waals surface area (Å²) in [5.74, 6) is 0.922. The number of rotatable bonds is 7. The van der Waals surface area contributed by atoms with Crippen LogP contribution in [0.3, 0.4) is 0 Å². The molecule has 86 valence electrons. The molecule has 0 heterocycles. The molecule has 4 heteroatoms. The van der Waals surface area contributed by atoms with E-state index in [-0.39, 0.29) is 17.4 Å². The van der Waals surface area contributed by atoms with Crippen LogP contribution >= 0.6 is 11.8 Å². The van der Waals surface area contributed by atoms with Crippen LogP contribution in [0.15, 0.2) is 0 Å². The lowest BCUT2D eigenvalue weighted by Gasteiger charge is -2.23. The van der Waals surface area contributed by atoms with Crippen LogP contribution in [0.25, 0.3) is 0 Å². The molecule has 15 heavy (non-hydrogen) atoms. The summed E-state index contributed by atoms with van der Waals surface area (Å²) in [5.41, 5.74) is -0.386. The number of hydrogen-bond donors (Lipinski definition) is 2. The van der Waals surface area contributed by atoms with Gasteiger partial charge in [-0.1, -0.05) is 6.92 Å². The monoisotopic (exact) mass is 228 g/mol. The highest BCUT2D eigenvalue weighted by atomic mass is 32.2. The molecule has 0 aromatic carbocycles. The van der Waals surface area contributed by atoms with Gasteiger partial charge in [0, 0.05) is 11.3 Å². The van der Waals surface area contributed by atoms with Crippen molar-refractivity contribution in [3.05, 3.63) is 0 Å². The molecule has 0 saturated heterocycles. The lowest BCUT2D eigenvalue weighted by Crippen LogP contribution is -2.42. The van der Waals surface area contributed by atoms with E-state index in [2.05, 4.69) is 11.4 Å². The third kappa shape index (κ3) is 4.87. The van der Waals surface area contributed by atoms with Crippen molar-refractivity contribution in [2.75, 3.05) is 12.4 Å². The van der Waals surface area contributed by atoms with Crippen LogP contribution in [-0.2, 0) is 0 Å². The average molecular weight is 228 g/mol. The number of nitrogens with one attached hydrogen (secondary N) is 1. The first kappa shape index (κ1) is 12.8. The molecule has 2 atom stereocenters. The van der Waals surface area contributed by atoms with Gasteiger partial charge < -0.3 is 5.11 Å². The number of nitriles is 1. The average Bonchev–Trinajstić information content (AvgIpc) is 3.01. The predicted octanol–water partition coefficient (Wildman–Crippen LogP) is 1.52. The normalized spacial score (nSPS) is 21.7. The quantitative estimate of drug-likeness (QED) is 0.694. The molecule has 0 amide bonds. The first-order valence-corrected chi connectivity index (χ1v) is 6.56. The topological polar surface area (TPSA) is 56.0 Å². The molecular formula is C11H20N2OS. The molecular weight excluding hydrogens is 208 g/mol. The fraction of sp³-hybridized carbons (Fsp3) is 0.909. The van der Waals surface area contributed by atoms with Gasteiger partial charge in [-0.25, -0.2) is 0 Å². The SMILES string of the molecule is CC(CO)SCCC(C)(C#N)NC1CC1. The number of aliphatic hydroxyl groups is 1. The van der Waals surface area contributed by atoms with Crippen LogP contribution in [0.2, 0.25) is 0 Å². The molecule has 0 bridgehead atoms. The minimum atomic E-state index is -0.386. The van der Waals surface area contributed by atoms with Crippen LogP contribution in [0.1, 0.15) is 33.1 Å². The van der Waals surface area contributed by atoms with E-state index in [9.17, 15) is 0 Å². The summed E-state index contributed by atoms with van der Waals surface area (Å²) in [4.78, 5) is 0. The predicted molar refractivity (Wildman–Crippen MR) is 63.8 cm³/mol. The van der Waals surface area contributed by atoms with Gasteiger partial charge in [0.2, 0.25) is 0 Å². The Kier molecular flexibility index (Phi) is 4.91. The summed E-state index contributed by atoms with van der Waals surface area (Å²) >= 11 is 1.73. The van der Waals surface area contributed by atoms with Crippen molar-refractivity contribution >= 4 is 11.8 Å². The number of nitrogens with zero attached hydrogens (tertiary/aromatic N) is 1. The van der Waals surface area contributed by atoms with Crippen LogP contribution < -0.4 is 5.32 Å². The van der Waals surface area contributed by atoms with E-state index in [0.29, 0.717) is 6.04 Å². The zero-order valence-electron chi connectivity index (χ0n) is 9.49. The maximum Gasteiger partial charge on any atom is 0.104 e. The summed E-state index contributed by atoms with van der Waals surface area (Å²) < 4.78 is 0. The van der Waals surface area contributed by atoms with Gasteiger partial charge in [-0.15, -0.1) is 0 Å². The summed E-state index contributed by atoms with van der Waals surface area (Å²) in [7, 11) is 0. The lowest BCUT2D eigenvalue weighted by molar-refractivity contribution is 0.300. The zero-order chi connectivity index (χ0) is 11.3. The largest absolute Gasteiger partial charge is 0.395 e. The molecule has 2 unspecified atom stereocenters. The maximum atomic E-state index is 9.11. The fourth-order valence-electron chi connectivity index (χ4n) is 1.36. The standard InChI is InChI=1S/C11H20N2OS/c1-9(7-14)15-6-5-11(2,8-12)13-10-3-4-10/h9-10,13-14H,3-7H2,1-2H3. The molecule has 0 radical (unpaired) electrons. The summed E-state index contributed by atoms with van der Waals surface area (Å²) in [6, 6.07) is 2.92. The van der Waals surface area contributed by atoms with Gasteiger partial charge in [0.25, 0.3) is 0 Å². The van der Waals surface area contributed by atoms with Crippen molar-refractivity contribution in [3.63, 3.8) is 0 Å². The number of hydrogen-bond acceptors (Lipinski definition) is 4. The molecule has 0 spiro atoms. The van der Waals surface area contributed by atoms with Crippen molar-refractivity contribution < 1.29 is 5.11 Å². The minimum Gasteiger partial charge on any atom is -0.395 e. The van der Waals surface area contributed by atoms with Gasteiger partial charge in [0.05, 0.1) is 12.7 Å². The molecule has 3 nitrogen and oxygen atoms in total. The van der Waals surface area contributed by atoms with Crippen LogP contribution in [0.5, 0.6) is 0 Å². The highest BCUT2D eigenvalue weighted by Gasteiger charge is 2.32. The lowest BCUT2D eigenvalue weighted by atomic mass is 10.0. The van der Waals surface area contributed by atoms with E-state index >= 15 is 0 Å². The van der Waals surface area contributed by atoms with Crippen molar-refractivity contribution in [1.82, 2.24) is 5.32 Å². The molecule has 1 saturated carbocycles. The van der Waals surface area contributed by atoms with Crippen molar-refractivity contribution in [3.8, 4) is 6.07 Å². The Morgan fingerprint density at radius 1 is 1.67 bits per heavy atom. The second kappa shape index (κ2) is 5.74. The highest BCUT2D eigenvalue weighted by Crippen LogP contribution is 2.25. The Morgan fingerprint density at radius 3 is 2.80 bits per heavy atom. The van der Waals surface area contributed by atoms with Gasteiger partial charge >= 0.3 is 0 Å². The van der Waals surface area contributed by atoms with Crippen molar-refractivity contribution in [1.29, 1.82) is 5.26 Å². The second-order valence-corrected chi connectivity index (χ2v) is 6.02. The van der Waals surface area contributed by atoms with Crippen LogP contribution in [0, 0.1) is 11.3 Å². The molecule has 0 aliphatic heterocycles. The van der Waals surface area contributed by atoms with Gasteiger partial charge in [0.1, 0.15) is 5.54 Å². The highest BCUT2D eigenvalue weighted by molar-refractivity contribution is 7.99. The number of thioether (sulfide) groups is 1. The Hall–Kier alpha value is -0.240. The summed E-state index contributed by atoms with van der Waals surface area (Å²) in [6.07, 6.45) is 3.25.